The summed E-state index contributed by atoms with van der Waals surface area (Å²) in [5.74, 6) is 2.67. The van der Waals surface area contributed by atoms with Gasteiger partial charge in [-0.25, -0.2) is 0 Å². The van der Waals surface area contributed by atoms with Gasteiger partial charge in [0.2, 0.25) is 0 Å². The Morgan fingerprint density at radius 1 is 1.69 bits per heavy atom. The van der Waals surface area contributed by atoms with Crippen LogP contribution in [0.1, 0.15) is 17.7 Å². The second-order valence-corrected chi connectivity index (χ2v) is 3.35. The SMILES string of the molecule is C#CCCN1CCc2cn[nH]c2C1. The molecule has 0 radical (unpaired) electrons. The lowest BCUT2D eigenvalue weighted by molar-refractivity contribution is 0.257. The number of rotatable bonds is 2. The van der Waals surface area contributed by atoms with E-state index in [0.29, 0.717) is 0 Å². The lowest BCUT2D eigenvalue weighted by atomic mass is 10.1. The first-order valence-electron chi connectivity index (χ1n) is 4.57. The van der Waals surface area contributed by atoms with Crippen LogP contribution in [0.5, 0.6) is 0 Å². The molecule has 0 fully saturated rings. The zero-order chi connectivity index (χ0) is 9.10. The van der Waals surface area contributed by atoms with E-state index in [0.717, 1.165) is 32.5 Å². The minimum atomic E-state index is 0.837. The van der Waals surface area contributed by atoms with E-state index in [-0.39, 0.29) is 0 Å². The molecule has 1 aliphatic rings. The van der Waals surface area contributed by atoms with E-state index in [4.69, 9.17) is 6.42 Å². The Morgan fingerprint density at radius 2 is 2.62 bits per heavy atom. The highest BCUT2D eigenvalue weighted by atomic mass is 15.2. The molecule has 3 nitrogen and oxygen atoms in total. The molecule has 13 heavy (non-hydrogen) atoms. The number of aromatic nitrogens is 2. The van der Waals surface area contributed by atoms with Crippen LogP contribution in [0.4, 0.5) is 0 Å². The van der Waals surface area contributed by atoms with Gasteiger partial charge in [-0.1, -0.05) is 0 Å². The number of fused-ring (bicyclic) bond motifs is 1. The Bertz CT molecular complexity index is 321. The molecule has 2 heterocycles. The largest absolute Gasteiger partial charge is 0.296 e. The maximum atomic E-state index is 5.22. The molecule has 68 valence electrons. The van der Waals surface area contributed by atoms with E-state index >= 15 is 0 Å². The van der Waals surface area contributed by atoms with Crippen molar-refractivity contribution in [3.05, 3.63) is 17.5 Å². The van der Waals surface area contributed by atoms with Crippen molar-refractivity contribution >= 4 is 0 Å². The highest BCUT2D eigenvalue weighted by Gasteiger charge is 2.16. The summed E-state index contributed by atoms with van der Waals surface area (Å²) >= 11 is 0. The Balaban J connectivity index is 1.97. The summed E-state index contributed by atoms with van der Waals surface area (Å²) in [5, 5.41) is 7.05. The van der Waals surface area contributed by atoms with Gasteiger partial charge in [0.05, 0.1) is 11.9 Å². The minimum absolute atomic E-state index is 0.837. The van der Waals surface area contributed by atoms with Gasteiger partial charge in [-0.15, -0.1) is 12.3 Å². The summed E-state index contributed by atoms with van der Waals surface area (Å²) in [4.78, 5) is 2.36. The fourth-order valence-electron chi connectivity index (χ4n) is 1.68. The van der Waals surface area contributed by atoms with Gasteiger partial charge in [0.15, 0.2) is 0 Å². The first-order chi connectivity index (χ1) is 6.40. The molecule has 1 aromatic heterocycles. The maximum absolute atomic E-state index is 5.22. The topological polar surface area (TPSA) is 31.9 Å². The van der Waals surface area contributed by atoms with Crippen LogP contribution in [-0.4, -0.2) is 28.2 Å². The van der Waals surface area contributed by atoms with Crippen molar-refractivity contribution in [3.63, 3.8) is 0 Å². The van der Waals surface area contributed by atoms with Crippen molar-refractivity contribution in [1.82, 2.24) is 15.1 Å². The molecule has 0 saturated heterocycles. The fraction of sp³-hybridized carbons (Fsp3) is 0.500. The Kier molecular flexibility index (Phi) is 2.33. The average molecular weight is 175 g/mol. The molecule has 0 unspecified atom stereocenters. The third kappa shape index (κ3) is 1.73. The van der Waals surface area contributed by atoms with Gasteiger partial charge in [-0.05, 0) is 12.0 Å². The summed E-state index contributed by atoms with van der Waals surface area (Å²) in [5.41, 5.74) is 2.61. The van der Waals surface area contributed by atoms with Crippen molar-refractivity contribution in [2.45, 2.75) is 19.4 Å². The molecule has 0 atom stereocenters. The van der Waals surface area contributed by atoms with Gasteiger partial charge in [0.25, 0.3) is 0 Å². The molecule has 1 aliphatic heterocycles. The predicted molar refractivity (Wildman–Crippen MR) is 51.0 cm³/mol. The third-order valence-electron chi connectivity index (χ3n) is 2.46. The zero-order valence-electron chi connectivity index (χ0n) is 7.58. The van der Waals surface area contributed by atoms with Crippen molar-refractivity contribution in [2.24, 2.45) is 0 Å². The molecule has 0 spiro atoms. The highest BCUT2D eigenvalue weighted by Crippen LogP contribution is 2.15. The highest BCUT2D eigenvalue weighted by molar-refractivity contribution is 5.19. The number of hydrogen-bond acceptors (Lipinski definition) is 2. The average Bonchev–Trinajstić information content (AvgIpc) is 2.61. The van der Waals surface area contributed by atoms with E-state index < -0.39 is 0 Å². The van der Waals surface area contributed by atoms with Gasteiger partial charge < -0.3 is 0 Å². The Labute approximate surface area is 78.1 Å². The van der Waals surface area contributed by atoms with Gasteiger partial charge in [-0.2, -0.15) is 5.10 Å². The van der Waals surface area contributed by atoms with Crippen LogP contribution in [0.2, 0.25) is 0 Å². The Hall–Kier alpha value is -1.27. The van der Waals surface area contributed by atoms with Gasteiger partial charge in [0, 0.05) is 26.1 Å². The molecule has 1 N–H and O–H groups in total. The summed E-state index contributed by atoms with van der Waals surface area (Å²) in [6, 6.07) is 0. The first-order valence-corrected chi connectivity index (χ1v) is 4.57. The molecular weight excluding hydrogens is 162 g/mol. The van der Waals surface area contributed by atoms with Crippen molar-refractivity contribution in [2.75, 3.05) is 13.1 Å². The van der Waals surface area contributed by atoms with Crippen LogP contribution in [-0.2, 0) is 13.0 Å². The molecular formula is C10H13N3. The van der Waals surface area contributed by atoms with Gasteiger partial charge >= 0.3 is 0 Å². The summed E-state index contributed by atoms with van der Waals surface area (Å²) in [6.07, 6.45) is 9.08. The lowest BCUT2D eigenvalue weighted by Crippen LogP contribution is -2.30. The Morgan fingerprint density at radius 3 is 3.46 bits per heavy atom. The number of nitrogens with one attached hydrogen (secondary N) is 1. The van der Waals surface area contributed by atoms with Crippen LogP contribution in [0.25, 0.3) is 0 Å². The summed E-state index contributed by atoms with van der Waals surface area (Å²) in [7, 11) is 0. The predicted octanol–water partition coefficient (Wildman–Crippen LogP) is 0.791. The van der Waals surface area contributed by atoms with Gasteiger partial charge in [-0.3, -0.25) is 10.00 Å². The lowest BCUT2D eigenvalue weighted by Gasteiger charge is -2.25. The molecule has 0 amide bonds. The van der Waals surface area contributed by atoms with Crippen LogP contribution < -0.4 is 0 Å². The smallest absolute Gasteiger partial charge is 0.0524 e. The van der Waals surface area contributed by atoms with Crippen LogP contribution in [0.3, 0.4) is 0 Å². The minimum Gasteiger partial charge on any atom is -0.296 e. The molecule has 3 heteroatoms. The van der Waals surface area contributed by atoms with Crippen LogP contribution in [0, 0.1) is 12.3 Å². The second-order valence-electron chi connectivity index (χ2n) is 3.35. The number of terminal acetylenes is 1. The molecule has 0 aromatic carbocycles. The number of nitrogens with zero attached hydrogens (tertiary/aromatic N) is 2. The van der Waals surface area contributed by atoms with Crippen LogP contribution >= 0.6 is 0 Å². The normalized spacial score (nSPS) is 16.5. The van der Waals surface area contributed by atoms with Crippen LogP contribution in [0.15, 0.2) is 6.20 Å². The van der Waals surface area contributed by atoms with E-state index in [1.165, 1.54) is 11.3 Å². The van der Waals surface area contributed by atoms with E-state index in [2.05, 4.69) is 21.0 Å². The van der Waals surface area contributed by atoms with Gasteiger partial charge in [0.1, 0.15) is 0 Å². The van der Waals surface area contributed by atoms with E-state index in [1.807, 2.05) is 6.20 Å². The van der Waals surface area contributed by atoms with Crippen molar-refractivity contribution < 1.29 is 0 Å². The van der Waals surface area contributed by atoms with E-state index in [9.17, 15) is 0 Å². The molecule has 2 rings (SSSR count). The van der Waals surface area contributed by atoms with Crippen molar-refractivity contribution in [3.8, 4) is 12.3 Å². The fourth-order valence-corrected chi connectivity index (χ4v) is 1.68. The number of H-pyrrole nitrogens is 1. The standard InChI is InChI=1S/C10H13N3/c1-2-3-5-13-6-4-9-7-11-12-10(9)8-13/h1,7H,3-6,8H2,(H,11,12). The first kappa shape index (κ1) is 8.33. The van der Waals surface area contributed by atoms with Crippen molar-refractivity contribution in [1.29, 1.82) is 0 Å². The summed E-state index contributed by atoms with van der Waals surface area (Å²) in [6.45, 7) is 3.07. The number of aromatic amines is 1. The monoisotopic (exact) mass is 175 g/mol. The molecule has 0 saturated carbocycles. The number of hydrogen-bond donors (Lipinski definition) is 1. The third-order valence-corrected chi connectivity index (χ3v) is 2.46. The molecule has 0 aliphatic carbocycles. The molecule has 0 bridgehead atoms. The summed E-state index contributed by atoms with van der Waals surface area (Å²) < 4.78 is 0. The van der Waals surface area contributed by atoms with E-state index in [1.54, 1.807) is 0 Å². The quantitative estimate of drug-likeness (QED) is 0.674. The maximum Gasteiger partial charge on any atom is 0.0524 e. The second kappa shape index (κ2) is 3.63. The zero-order valence-corrected chi connectivity index (χ0v) is 7.58. The molecule has 1 aromatic rings.